The van der Waals surface area contributed by atoms with Gasteiger partial charge in [-0.15, -0.1) is 0 Å². The zero-order valence-electron chi connectivity index (χ0n) is 9.17. The van der Waals surface area contributed by atoms with E-state index in [0.717, 1.165) is 5.56 Å². The highest BCUT2D eigenvalue weighted by atomic mass is 16.6. The maximum Gasteiger partial charge on any atom is 0.279 e. The summed E-state index contributed by atoms with van der Waals surface area (Å²) >= 11 is 0. The first kappa shape index (κ1) is 11.1. The molecule has 0 aliphatic carbocycles. The summed E-state index contributed by atoms with van der Waals surface area (Å²) in [5.41, 5.74) is 1.05. The number of carbonyl (C=O) groups excluding carboxylic acids is 1. The monoisotopic (exact) mass is 221 g/mol. The lowest BCUT2D eigenvalue weighted by Gasteiger charge is -2.35. The van der Waals surface area contributed by atoms with Crippen LogP contribution in [0.1, 0.15) is 12.5 Å². The van der Waals surface area contributed by atoms with E-state index in [-0.39, 0.29) is 11.9 Å². The maximum absolute atomic E-state index is 11.7. The number of aliphatic hydroxyl groups excluding tert-OH is 1. The highest BCUT2D eigenvalue weighted by Gasteiger charge is 2.32. The molecule has 0 saturated carbocycles. The molecule has 0 spiro atoms. The molecule has 1 amide bonds. The lowest BCUT2D eigenvalue weighted by molar-refractivity contribution is -0.191. The van der Waals surface area contributed by atoms with E-state index in [1.165, 1.54) is 0 Å². The first-order valence-corrected chi connectivity index (χ1v) is 5.32. The van der Waals surface area contributed by atoms with Crippen LogP contribution in [0.4, 0.5) is 0 Å². The van der Waals surface area contributed by atoms with Gasteiger partial charge < -0.3 is 14.7 Å². The van der Waals surface area contributed by atoms with Gasteiger partial charge in [-0.1, -0.05) is 30.3 Å². The normalized spacial score (nSPS) is 25.9. The molecule has 0 radical (unpaired) electrons. The van der Waals surface area contributed by atoms with Crippen molar-refractivity contribution in [3.8, 4) is 0 Å². The summed E-state index contributed by atoms with van der Waals surface area (Å²) in [6.07, 6.45) is -1.31. The molecule has 1 aromatic rings. The number of hydrogen-bond donors (Lipinski definition) is 1. The van der Waals surface area contributed by atoms with Gasteiger partial charge in [-0.3, -0.25) is 4.79 Å². The molecule has 4 heteroatoms. The van der Waals surface area contributed by atoms with E-state index in [2.05, 4.69) is 0 Å². The average molecular weight is 221 g/mol. The summed E-state index contributed by atoms with van der Waals surface area (Å²) in [5.74, 6) is -0.359. The molecule has 86 valence electrons. The molecule has 2 rings (SSSR count). The Bertz CT molecular complexity index is 366. The lowest BCUT2D eigenvalue weighted by atomic mass is 10.1. The second-order valence-corrected chi connectivity index (χ2v) is 3.99. The van der Waals surface area contributed by atoms with Crippen LogP contribution in [0.3, 0.4) is 0 Å². The summed E-state index contributed by atoms with van der Waals surface area (Å²) in [7, 11) is 0. The SMILES string of the molecule is C[C@H]1COC(O)C(=O)N1Cc1ccccc1. The Morgan fingerprint density at radius 1 is 1.44 bits per heavy atom. The molecule has 1 unspecified atom stereocenters. The molecule has 1 fully saturated rings. The van der Waals surface area contributed by atoms with Crippen molar-refractivity contribution in [1.29, 1.82) is 0 Å². The van der Waals surface area contributed by atoms with E-state index < -0.39 is 6.29 Å². The number of morpholine rings is 1. The smallest absolute Gasteiger partial charge is 0.279 e. The number of rotatable bonds is 2. The summed E-state index contributed by atoms with van der Waals surface area (Å²) in [6.45, 7) is 2.80. The Morgan fingerprint density at radius 3 is 2.81 bits per heavy atom. The predicted octanol–water partition coefficient (Wildman–Crippen LogP) is 0.752. The van der Waals surface area contributed by atoms with Gasteiger partial charge in [-0.05, 0) is 12.5 Å². The third kappa shape index (κ3) is 2.23. The number of carbonyl (C=O) groups is 1. The molecule has 0 bridgehead atoms. The summed E-state index contributed by atoms with van der Waals surface area (Å²) in [5, 5.41) is 9.33. The molecule has 2 atom stereocenters. The zero-order valence-corrected chi connectivity index (χ0v) is 9.17. The van der Waals surface area contributed by atoms with Crippen LogP contribution in [-0.4, -0.2) is 34.9 Å². The van der Waals surface area contributed by atoms with Crippen molar-refractivity contribution in [2.24, 2.45) is 0 Å². The second kappa shape index (κ2) is 4.63. The first-order valence-electron chi connectivity index (χ1n) is 5.32. The van der Waals surface area contributed by atoms with Crippen LogP contribution < -0.4 is 0 Å². The topological polar surface area (TPSA) is 49.8 Å². The third-order valence-corrected chi connectivity index (χ3v) is 2.72. The maximum atomic E-state index is 11.7. The molecule has 1 aliphatic heterocycles. The molecule has 0 aromatic heterocycles. The molecular formula is C12H15NO3. The molecular weight excluding hydrogens is 206 g/mol. The van der Waals surface area contributed by atoms with Crippen LogP contribution in [0.15, 0.2) is 30.3 Å². The molecule has 1 N–H and O–H groups in total. The number of ether oxygens (including phenoxy) is 1. The fraction of sp³-hybridized carbons (Fsp3) is 0.417. The van der Waals surface area contributed by atoms with Crippen molar-refractivity contribution >= 4 is 5.91 Å². The minimum absolute atomic E-state index is 0.00361. The Kier molecular flexibility index (Phi) is 3.22. The van der Waals surface area contributed by atoms with Crippen LogP contribution in [-0.2, 0) is 16.1 Å². The molecule has 1 heterocycles. The van der Waals surface area contributed by atoms with Gasteiger partial charge in [0.15, 0.2) is 0 Å². The van der Waals surface area contributed by atoms with E-state index in [0.29, 0.717) is 13.2 Å². The molecule has 16 heavy (non-hydrogen) atoms. The van der Waals surface area contributed by atoms with Gasteiger partial charge in [0.1, 0.15) is 0 Å². The van der Waals surface area contributed by atoms with Crippen molar-refractivity contribution in [3.63, 3.8) is 0 Å². The van der Waals surface area contributed by atoms with Gasteiger partial charge in [0, 0.05) is 6.54 Å². The fourth-order valence-electron chi connectivity index (χ4n) is 1.76. The molecule has 4 nitrogen and oxygen atoms in total. The minimum Gasteiger partial charge on any atom is -0.361 e. The molecule has 1 aliphatic rings. The van der Waals surface area contributed by atoms with Crippen molar-refractivity contribution in [1.82, 2.24) is 4.90 Å². The molecule has 1 saturated heterocycles. The van der Waals surface area contributed by atoms with Crippen molar-refractivity contribution in [2.45, 2.75) is 25.8 Å². The number of nitrogens with zero attached hydrogens (tertiary/aromatic N) is 1. The van der Waals surface area contributed by atoms with E-state index in [1.807, 2.05) is 37.3 Å². The first-order chi connectivity index (χ1) is 7.68. The van der Waals surface area contributed by atoms with Gasteiger partial charge in [0.2, 0.25) is 6.29 Å². The number of aliphatic hydroxyl groups is 1. The minimum atomic E-state index is -1.31. The van der Waals surface area contributed by atoms with Crippen LogP contribution in [0, 0.1) is 0 Å². The number of amides is 1. The van der Waals surface area contributed by atoms with Gasteiger partial charge in [-0.2, -0.15) is 0 Å². The Balaban J connectivity index is 2.10. The Labute approximate surface area is 94.4 Å². The van der Waals surface area contributed by atoms with Crippen molar-refractivity contribution < 1.29 is 14.6 Å². The highest BCUT2D eigenvalue weighted by Crippen LogP contribution is 2.15. The van der Waals surface area contributed by atoms with Crippen LogP contribution in [0.25, 0.3) is 0 Å². The Hall–Kier alpha value is -1.39. The zero-order chi connectivity index (χ0) is 11.5. The van der Waals surface area contributed by atoms with Crippen molar-refractivity contribution in [2.75, 3.05) is 6.61 Å². The van der Waals surface area contributed by atoms with Crippen LogP contribution >= 0.6 is 0 Å². The van der Waals surface area contributed by atoms with Gasteiger partial charge in [0.05, 0.1) is 12.6 Å². The second-order valence-electron chi connectivity index (χ2n) is 3.99. The number of hydrogen-bond acceptors (Lipinski definition) is 3. The summed E-state index contributed by atoms with van der Waals surface area (Å²) < 4.78 is 4.93. The van der Waals surface area contributed by atoms with Gasteiger partial charge in [0.25, 0.3) is 5.91 Å². The third-order valence-electron chi connectivity index (χ3n) is 2.72. The number of benzene rings is 1. The standard InChI is InChI=1S/C12H15NO3/c1-9-8-16-12(15)11(14)13(9)7-10-5-3-2-4-6-10/h2-6,9,12,15H,7-8H2,1H3/t9-,12?/m0/s1. The van der Waals surface area contributed by atoms with Crippen LogP contribution in [0.5, 0.6) is 0 Å². The van der Waals surface area contributed by atoms with Crippen LogP contribution in [0.2, 0.25) is 0 Å². The van der Waals surface area contributed by atoms with E-state index in [1.54, 1.807) is 4.90 Å². The van der Waals surface area contributed by atoms with E-state index in [4.69, 9.17) is 4.74 Å². The predicted molar refractivity (Wildman–Crippen MR) is 58.4 cm³/mol. The van der Waals surface area contributed by atoms with Gasteiger partial charge in [-0.25, -0.2) is 0 Å². The molecule has 1 aromatic carbocycles. The Morgan fingerprint density at radius 2 is 2.12 bits per heavy atom. The van der Waals surface area contributed by atoms with Crippen molar-refractivity contribution in [3.05, 3.63) is 35.9 Å². The largest absolute Gasteiger partial charge is 0.361 e. The fourth-order valence-corrected chi connectivity index (χ4v) is 1.76. The average Bonchev–Trinajstić information content (AvgIpc) is 2.31. The highest BCUT2D eigenvalue weighted by molar-refractivity contribution is 5.80. The summed E-state index contributed by atoms with van der Waals surface area (Å²) in [4.78, 5) is 13.3. The van der Waals surface area contributed by atoms with Gasteiger partial charge >= 0.3 is 0 Å². The quantitative estimate of drug-likeness (QED) is 0.801. The van der Waals surface area contributed by atoms with E-state index in [9.17, 15) is 9.90 Å². The lowest BCUT2D eigenvalue weighted by Crippen LogP contribution is -2.52. The van der Waals surface area contributed by atoms with E-state index >= 15 is 0 Å². The summed E-state index contributed by atoms with van der Waals surface area (Å²) in [6, 6.07) is 9.71.